The van der Waals surface area contributed by atoms with E-state index >= 15 is 0 Å². The highest BCUT2D eigenvalue weighted by Gasteiger charge is 2.05. The number of amides is 1. The maximum Gasteiger partial charge on any atom is 0.450 e. The van der Waals surface area contributed by atoms with Crippen LogP contribution in [-0.4, -0.2) is 12.2 Å². The van der Waals surface area contributed by atoms with Gasteiger partial charge in [0.1, 0.15) is 5.75 Å². The first kappa shape index (κ1) is 10.1. The van der Waals surface area contributed by atoms with E-state index in [9.17, 15) is 9.59 Å². The summed E-state index contributed by atoms with van der Waals surface area (Å²) in [6.07, 6.45) is 0.170. The lowest BCUT2D eigenvalue weighted by atomic mass is 10.1. The molecule has 0 saturated carbocycles. The quantitative estimate of drug-likeness (QED) is 0.540. The lowest BCUT2D eigenvalue weighted by Gasteiger charge is -2.04. The molecular formula is C12H7NO3. The highest BCUT2D eigenvalue weighted by atomic mass is 16.5. The minimum atomic E-state index is -0.966. The molecule has 0 radical (unpaired) electrons. The Morgan fingerprint density at radius 3 is 2.69 bits per heavy atom. The van der Waals surface area contributed by atoms with E-state index in [2.05, 4.69) is 4.99 Å². The molecule has 0 aliphatic carbocycles. The van der Waals surface area contributed by atoms with Crippen LogP contribution in [0.15, 0.2) is 47.5 Å². The molecule has 0 heterocycles. The number of carbonyl (C=O) groups is 1. The first-order valence-electron chi connectivity index (χ1n) is 4.59. The van der Waals surface area contributed by atoms with Crippen molar-refractivity contribution < 1.29 is 14.3 Å². The van der Waals surface area contributed by atoms with Crippen LogP contribution in [0.3, 0.4) is 0 Å². The van der Waals surface area contributed by atoms with Gasteiger partial charge in [-0.15, -0.1) is 0 Å². The Labute approximate surface area is 91.2 Å². The first-order valence-corrected chi connectivity index (χ1v) is 4.59. The molecule has 4 nitrogen and oxygen atoms in total. The summed E-state index contributed by atoms with van der Waals surface area (Å²) in [7, 11) is 0. The molecule has 0 bridgehead atoms. The topological polar surface area (TPSA) is 55.7 Å². The van der Waals surface area contributed by atoms with Crippen LogP contribution in [0.25, 0.3) is 10.8 Å². The number of isocyanates is 1. The number of ether oxygens (including phenoxy) is 1. The SMILES string of the molecule is O=C=NC(=O)Oc1cccc2ccccc12. The van der Waals surface area contributed by atoms with Crippen molar-refractivity contribution in [2.45, 2.75) is 0 Å². The first-order chi connectivity index (χ1) is 7.81. The molecule has 0 fully saturated rings. The summed E-state index contributed by atoms with van der Waals surface area (Å²) >= 11 is 0. The molecule has 16 heavy (non-hydrogen) atoms. The Morgan fingerprint density at radius 1 is 1.12 bits per heavy atom. The van der Waals surface area contributed by atoms with Crippen LogP contribution in [0, 0.1) is 0 Å². The van der Waals surface area contributed by atoms with Crippen LogP contribution in [-0.2, 0) is 4.79 Å². The van der Waals surface area contributed by atoms with Crippen molar-refractivity contribution >= 4 is 22.9 Å². The number of fused-ring (bicyclic) bond motifs is 1. The molecule has 0 atom stereocenters. The lowest BCUT2D eigenvalue weighted by molar-refractivity contribution is 0.212. The van der Waals surface area contributed by atoms with E-state index < -0.39 is 6.09 Å². The van der Waals surface area contributed by atoms with Crippen molar-refractivity contribution in [3.63, 3.8) is 0 Å². The Balaban J connectivity index is 2.44. The van der Waals surface area contributed by atoms with Gasteiger partial charge in [-0.3, -0.25) is 0 Å². The molecule has 0 spiro atoms. The Hall–Kier alpha value is -2.45. The molecule has 0 aliphatic heterocycles. The van der Waals surface area contributed by atoms with Crippen molar-refractivity contribution in [1.82, 2.24) is 0 Å². The molecule has 1 amide bonds. The predicted octanol–water partition coefficient (Wildman–Crippen LogP) is 2.67. The van der Waals surface area contributed by atoms with E-state index in [-0.39, 0.29) is 0 Å². The van der Waals surface area contributed by atoms with E-state index in [1.54, 1.807) is 12.1 Å². The third-order valence-electron chi connectivity index (χ3n) is 2.08. The smallest absolute Gasteiger partial charge is 0.408 e. The van der Waals surface area contributed by atoms with Gasteiger partial charge >= 0.3 is 6.09 Å². The summed E-state index contributed by atoms with van der Waals surface area (Å²) in [6.45, 7) is 0. The Bertz CT molecular complexity index is 580. The van der Waals surface area contributed by atoms with E-state index in [1.807, 2.05) is 30.3 Å². The van der Waals surface area contributed by atoms with Gasteiger partial charge in [0.25, 0.3) is 0 Å². The van der Waals surface area contributed by atoms with Gasteiger partial charge in [-0.05, 0) is 11.5 Å². The number of carbonyl (C=O) groups excluding carboxylic acids is 2. The molecular weight excluding hydrogens is 206 g/mol. The van der Waals surface area contributed by atoms with Crippen molar-refractivity contribution in [2.24, 2.45) is 4.99 Å². The summed E-state index contributed by atoms with van der Waals surface area (Å²) in [5.74, 6) is 0.377. The molecule has 2 rings (SSSR count). The van der Waals surface area contributed by atoms with Crippen molar-refractivity contribution in [3.05, 3.63) is 42.5 Å². The Morgan fingerprint density at radius 2 is 1.88 bits per heavy atom. The van der Waals surface area contributed by atoms with E-state index in [4.69, 9.17) is 4.74 Å². The zero-order valence-corrected chi connectivity index (χ0v) is 8.21. The standard InChI is InChI=1S/C12H7NO3/c14-8-13-12(15)16-11-7-3-5-9-4-1-2-6-10(9)11/h1-7H. The molecule has 2 aromatic rings. The van der Waals surface area contributed by atoms with Gasteiger partial charge in [-0.1, -0.05) is 41.4 Å². The summed E-state index contributed by atoms with van der Waals surface area (Å²) < 4.78 is 4.90. The minimum absolute atomic E-state index is 0.377. The second-order valence-corrected chi connectivity index (χ2v) is 3.05. The number of rotatable bonds is 1. The molecule has 4 heteroatoms. The van der Waals surface area contributed by atoms with Crippen LogP contribution < -0.4 is 4.74 Å². The van der Waals surface area contributed by atoms with Crippen molar-refractivity contribution in [2.75, 3.05) is 0 Å². The van der Waals surface area contributed by atoms with Crippen LogP contribution in [0.1, 0.15) is 0 Å². The van der Waals surface area contributed by atoms with Crippen molar-refractivity contribution in [1.29, 1.82) is 0 Å². The third-order valence-corrected chi connectivity index (χ3v) is 2.08. The van der Waals surface area contributed by atoms with Crippen LogP contribution in [0.5, 0.6) is 5.75 Å². The monoisotopic (exact) mass is 213 g/mol. The number of hydrogen-bond donors (Lipinski definition) is 0. The largest absolute Gasteiger partial charge is 0.450 e. The van der Waals surface area contributed by atoms with Crippen LogP contribution in [0.2, 0.25) is 0 Å². The lowest BCUT2D eigenvalue weighted by Crippen LogP contribution is -2.01. The third kappa shape index (κ3) is 1.97. The van der Waals surface area contributed by atoms with Gasteiger partial charge in [0.05, 0.1) is 0 Å². The van der Waals surface area contributed by atoms with Gasteiger partial charge in [-0.2, -0.15) is 0 Å². The van der Waals surface area contributed by atoms with Crippen LogP contribution >= 0.6 is 0 Å². The van der Waals surface area contributed by atoms with E-state index in [0.717, 1.165) is 16.9 Å². The van der Waals surface area contributed by atoms with E-state index in [0.29, 0.717) is 5.75 Å². The normalized spacial score (nSPS) is 9.50. The van der Waals surface area contributed by atoms with Crippen LogP contribution in [0.4, 0.5) is 4.79 Å². The molecule has 2 aromatic carbocycles. The number of nitrogens with zero attached hydrogens (tertiary/aromatic N) is 1. The maximum atomic E-state index is 11.0. The average Bonchev–Trinajstić information content (AvgIpc) is 2.30. The number of aliphatic imine (C=N–C) groups is 1. The maximum absolute atomic E-state index is 11.0. The molecule has 0 saturated heterocycles. The highest BCUT2D eigenvalue weighted by Crippen LogP contribution is 2.25. The van der Waals surface area contributed by atoms with Crippen molar-refractivity contribution in [3.8, 4) is 5.75 Å². The molecule has 0 unspecified atom stereocenters. The molecule has 78 valence electrons. The fraction of sp³-hybridized carbons (Fsp3) is 0. The summed E-state index contributed by atoms with van der Waals surface area (Å²) in [5.41, 5.74) is 0. The fourth-order valence-corrected chi connectivity index (χ4v) is 1.44. The highest BCUT2D eigenvalue weighted by molar-refractivity contribution is 5.90. The molecule has 0 N–H and O–H groups in total. The predicted molar refractivity (Wildman–Crippen MR) is 58.1 cm³/mol. The summed E-state index contributed by atoms with van der Waals surface area (Å²) in [6, 6.07) is 12.7. The van der Waals surface area contributed by atoms with Gasteiger partial charge < -0.3 is 4.74 Å². The number of hydrogen-bond acceptors (Lipinski definition) is 3. The fourth-order valence-electron chi connectivity index (χ4n) is 1.44. The average molecular weight is 213 g/mol. The second kappa shape index (κ2) is 4.38. The second-order valence-electron chi connectivity index (χ2n) is 3.05. The molecule has 0 aromatic heterocycles. The van der Waals surface area contributed by atoms with Gasteiger partial charge in [0.15, 0.2) is 0 Å². The van der Waals surface area contributed by atoms with E-state index in [1.165, 1.54) is 0 Å². The number of benzene rings is 2. The zero-order valence-electron chi connectivity index (χ0n) is 8.21. The summed E-state index contributed by atoms with van der Waals surface area (Å²) in [4.78, 5) is 23.7. The van der Waals surface area contributed by atoms with Gasteiger partial charge in [0.2, 0.25) is 6.08 Å². The van der Waals surface area contributed by atoms with Gasteiger partial charge in [-0.25, -0.2) is 9.59 Å². The molecule has 0 aliphatic rings. The minimum Gasteiger partial charge on any atom is -0.408 e. The zero-order chi connectivity index (χ0) is 11.4. The summed E-state index contributed by atoms with van der Waals surface area (Å²) in [5, 5.41) is 1.74. The van der Waals surface area contributed by atoms with Gasteiger partial charge in [0, 0.05) is 5.39 Å². The Kier molecular flexibility index (Phi) is 2.76.